The van der Waals surface area contributed by atoms with Crippen LogP contribution in [-0.2, 0) is 0 Å². The maximum absolute atomic E-state index is 6.14. The first-order valence-corrected chi connectivity index (χ1v) is 5.48. The van der Waals surface area contributed by atoms with E-state index in [0.717, 1.165) is 22.2 Å². The first-order chi connectivity index (χ1) is 8.34. The molecular weight excluding hydrogens is 212 g/mol. The van der Waals surface area contributed by atoms with Gasteiger partial charge in [-0.05, 0) is 35.9 Å². The van der Waals surface area contributed by atoms with E-state index in [9.17, 15) is 0 Å². The van der Waals surface area contributed by atoms with Crippen molar-refractivity contribution in [3.05, 3.63) is 66.2 Å². The minimum atomic E-state index is -0.227. The molecule has 2 heterocycles. The van der Waals surface area contributed by atoms with Crippen LogP contribution in [0.4, 0.5) is 0 Å². The standard InChI is InChI=1S/C14H12N2O/c15-14(13-4-2-8-17-13)11-5-6-12-10(9-11)3-1-7-16-12/h1-9,14H,15H2. The van der Waals surface area contributed by atoms with Crippen molar-refractivity contribution >= 4 is 10.9 Å². The molecule has 0 saturated heterocycles. The van der Waals surface area contributed by atoms with Gasteiger partial charge < -0.3 is 10.2 Å². The SMILES string of the molecule is NC(c1ccc2ncccc2c1)c1ccco1. The molecule has 2 N–H and O–H groups in total. The van der Waals surface area contributed by atoms with Gasteiger partial charge in [-0.15, -0.1) is 0 Å². The summed E-state index contributed by atoms with van der Waals surface area (Å²) in [4.78, 5) is 4.28. The van der Waals surface area contributed by atoms with Gasteiger partial charge in [0.1, 0.15) is 5.76 Å². The summed E-state index contributed by atoms with van der Waals surface area (Å²) in [5.41, 5.74) is 8.14. The van der Waals surface area contributed by atoms with Gasteiger partial charge in [-0.2, -0.15) is 0 Å². The Kier molecular flexibility index (Phi) is 2.38. The molecule has 0 spiro atoms. The van der Waals surface area contributed by atoms with Gasteiger partial charge in [0.15, 0.2) is 0 Å². The Bertz CT molecular complexity index is 632. The summed E-state index contributed by atoms with van der Waals surface area (Å²) in [6.45, 7) is 0. The highest BCUT2D eigenvalue weighted by molar-refractivity contribution is 5.79. The highest BCUT2D eigenvalue weighted by atomic mass is 16.3. The monoisotopic (exact) mass is 224 g/mol. The molecule has 0 radical (unpaired) electrons. The molecule has 3 rings (SSSR count). The van der Waals surface area contributed by atoms with Crippen molar-refractivity contribution in [2.75, 3.05) is 0 Å². The number of fused-ring (bicyclic) bond motifs is 1. The summed E-state index contributed by atoms with van der Waals surface area (Å²) in [5, 5.41) is 1.09. The number of pyridine rings is 1. The molecule has 3 nitrogen and oxygen atoms in total. The summed E-state index contributed by atoms with van der Waals surface area (Å²) in [7, 11) is 0. The van der Waals surface area contributed by atoms with Crippen molar-refractivity contribution in [2.45, 2.75) is 6.04 Å². The second-order valence-corrected chi connectivity index (χ2v) is 3.95. The minimum absolute atomic E-state index is 0.227. The molecule has 3 heteroatoms. The molecule has 0 saturated carbocycles. The topological polar surface area (TPSA) is 52.0 Å². The predicted octanol–water partition coefficient (Wildman–Crippen LogP) is 2.88. The largest absolute Gasteiger partial charge is 0.467 e. The van der Waals surface area contributed by atoms with E-state index in [2.05, 4.69) is 11.1 Å². The number of aromatic nitrogens is 1. The normalized spacial score (nSPS) is 12.8. The number of rotatable bonds is 2. The van der Waals surface area contributed by atoms with E-state index in [0.29, 0.717) is 0 Å². The predicted molar refractivity (Wildman–Crippen MR) is 66.5 cm³/mol. The van der Waals surface area contributed by atoms with Crippen LogP contribution < -0.4 is 5.73 Å². The van der Waals surface area contributed by atoms with E-state index >= 15 is 0 Å². The number of benzene rings is 1. The second kappa shape index (κ2) is 4.03. The molecule has 0 aliphatic carbocycles. The molecule has 17 heavy (non-hydrogen) atoms. The molecule has 0 fully saturated rings. The average Bonchev–Trinajstić information content (AvgIpc) is 2.91. The second-order valence-electron chi connectivity index (χ2n) is 3.95. The van der Waals surface area contributed by atoms with E-state index in [1.807, 2.05) is 36.4 Å². The highest BCUT2D eigenvalue weighted by Crippen LogP contribution is 2.23. The molecule has 2 aromatic heterocycles. The lowest BCUT2D eigenvalue weighted by Gasteiger charge is -2.09. The zero-order chi connectivity index (χ0) is 11.7. The molecular formula is C14H12N2O. The fourth-order valence-corrected chi connectivity index (χ4v) is 1.92. The van der Waals surface area contributed by atoms with Gasteiger partial charge in [0, 0.05) is 11.6 Å². The Balaban J connectivity index is 2.06. The van der Waals surface area contributed by atoms with Crippen molar-refractivity contribution in [1.29, 1.82) is 0 Å². The Labute approximate surface area is 98.9 Å². The molecule has 1 atom stereocenters. The summed E-state index contributed by atoms with van der Waals surface area (Å²) in [6, 6.07) is 13.5. The van der Waals surface area contributed by atoms with Crippen molar-refractivity contribution in [2.24, 2.45) is 5.73 Å². The molecule has 84 valence electrons. The fourth-order valence-electron chi connectivity index (χ4n) is 1.92. The molecule has 0 aliphatic heterocycles. The van der Waals surface area contributed by atoms with Gasteiger partial charge in [-0.3, -0.25) is 4.98 Å². The number of nitrogens with zero attached hydrogens (tertiary/aromatic N) is 1. The third-order valence-electron chi connectivity index (χ3n) is 2.84. The number of nitrogens with two attached hydrogens (primary N) is 1. The highest BCUT2D eigenvalue weighted by Gasteiger charge is 2.11. The van der Waals surface area contributed by atoms with Crippen LogP contribution in [-0.4, -0.2) is 4.98 Å². The minimum Gasteiger partial charge on any atom is -0.467 e. The lowest BCUT2D eigenvalue weighted by atomic mass is 10.0. The lowest BCUT2D eigenvalue weighted by Crippen LogP contribution is -2.10. The van der Waals surface area contributed by atoms with Gasteiger partial charge in [0.05, 0.1) is 17.8 Å². The Hall–Kier alpha value is -2.13. The summed E-state index contributed by atoms with van der Waals surface area (Å²) in [6.07, 6.45) is 3.42. The molecule has 1 unspecified atom stereocenters. The summed E-state index contributed by atoms with van der Waals surface area (Å²) >= 11 is 0. The maximum Gasteiger partial charge on any atom is 0.124 e. The van der Waals surface area contributed by atoms with Crippen molar-refractivity contribution in [1.82, 2.24) is 4.98 Å². The Morgan fingerprint density at radius 3 is 2.88 bits per heavy atom. The van der Waals surface area contributed by atoms with Crippen LogP contribution >= 0.6 is 0 Å². The Morgan fingerprint density at radius 2 is 2.06 bits per heavy atom. The maximum atomic E-state index is 6.14. The van der Waals surface area contributed by atoms with Crippen molar-refractivity contribution in [3.63, 3.8) is 0 Å². The van der Waals surface area contributed by atoms with Gasteiger partial charge >= 0.3 is 0 Å². The smallest absolute Gasteiger partial charge is 0.124 e. The number of hydrogen-bond donors (Lipinski definition) is 1. The fraction of sp³-hybridized carbons (Fsp3) is 0.0714. The van der Waals surface area contributed by atoms with Gasteiger partial charge in [-0.25, -0.2) is 0 Å². The van der Waals surface area contributed by atoms with Crippen LogP contribution in [0.3, 0.4) is 0 Å². The quantitative estimate of drug-likeness (QED) is 0.728. The van der Waals surface area contributed by atoms with E-state index in [1.54, 1.807) is 12.5 Å². The first kappa shape index (κ1) is 10.1. The molecule has 0 amide bonds. The van der Waals surface area contributed by atoms with E-state index in [4.69, 9.17) is 10.2 Å². The summed E-state index contributed by atoms with van der Waals surface area (Å²) < 4.78 is 5.32. The zero-order valence-corrected chi connectivity index (χ0v) is 9.21. The molecule has 1 aromatic carbocycles. The van der Waals surface area contributed by atoms with Crippen LogP contribution in [0.2, 0.25) is 0 Å². The third-order valence-corrected chi connectivity index (χ3v) is 2.84. The van der Waals surface area contributed by atoms with Crippen LogP contribution in [0.1, 0.15) is 17.4 Å². The van der Waals surface area contributed by atoms with E-state index < -0.39 is 0 Å². The average molecular weight is 224 g/mol. The lowest BCUT2D eigenvalue weighted by molar-refractivity contribution is 0.490. The number of furan rings is 1. The van der Waals surface area contributed by atoms with E-state index in [1.165, 1.54) is 0 Å². The van der Waals surface area contributed by atoms with Crippen LogP contribution in [0, 0.1) is 0 Å². The third kappa shape index (κ3) is 1.81. The van der Waals surface area contributed by atoms with Crippen LogP contribution in [0.25, 0.3) is 10.9 Å². The van der Waals surface area contributed by atoms with E-state index in [-0.39, 0.29) is 6.04 Å². The van der Waals surface area contributed by atoms with Gasteiger partial charge in [-0.1, -0.05) is 12.1 Å². The molecule has 3 aromatic rings. The van der Waals surface area contributed by atoms with Gasteiger partial charge in [0.2, 0.25) is 0 Å². The summed E-state index contributed by atoms with van der Waals surface area (Å²) in [5.74, 6) is 0.772. The Morgan fingerprint density at radius 1 is 1.12 bits per heavy atom. The first-order valence-electron chi connectivity index (χ1n) is 5.48. The van der Waals surface area contributed by atoms with Gasteiger partial charge in [0.25, 0.3) is 0 Å². The van der Waals surface area contributed by atoms with Crippen molar-refractivity contribution < 1.29 is 4.42 Å². The molecule has 0 aliphatic rings. The van der Waals surface area contributed by atoms with Crippen LogP contribution in [0.5, 0.6) is 0 Å². The molecule has 0 bridgehead atoms. The number of hydrogen-bond acceptors (Lipinski definition) is 3. The van der Waals surface area contributed by atoms with Crippen molar-refractivity contribution in [3.8, 4) is 0 Å². The van der Waals surface area contributed by atoms with Crippen LogP contribution in [0.15, 0.2) is 59.3 Å². The zero-order valence-electron chi connectivity index (χ0n) is 9.21.